The molecule has 1 saturated heterocycles. The number of aromatic nitrogens is 3. The maximum atomic E-state index is 12.7. The lowest BCUT2D eigenvalue weighted by Gasteiger charge is -2.34. The molecule has 1 fully saturated rings. The van der Waals surface area contributed by atoms with E-state index < -0.39 is 5.54 Å². The van der Waals surface area contributed by atoms with Crippen LogP contribution in [-0.4, -0.2) is 32.3 Å². The van der Waals surface area contributed by atoms with Gasteiger partial charge in [0.25, 0.3) is 11.5 Å². The highest BCUT2D eigenvalue weighted by Crippen LogP contribution is 2.37. The number of hydrogen-bond donors (Lipinski definition) is 1. The van der Waals surface area contributed by atoms with E-state index in [1.54, 1.807) is 36.2 Å². The van der Waals surface area contributed by atoms with Crippen LogP contribution < -0.4 is 5.56 Å². The van der Waals surface area contributed by atoms with Crippen LogP contribution in [0.5, 0.6) is 0 Å². The number of nitrogens with one attached hydrogen (secondary N) is 1. The Morgan fingerprint density at radius 2 is 2.23 bits per heavy atom. The van der Waals surface area contributed by atoms with E-state index in [2.05, 4.69) is 15.0 Å². The van der Waals surface area contributed by atoms with Crippen molar-refractivity contribution in [3.8, 4) is 0 Å². The molecular weight excluding hydrogens is 280 g/mol. The average molecular weight is 298 g/mol. The van der Waals surface area contributed by atoms with Crippen molar-refractivity contribution in [3.63, 3.8) is 0 Å². The van der Waals surface area contributed by atoms with Gasteiger partial charge < -0.3 is 9.88 Å². The molecule has 1 aliphatic heterocycles. The molecule has 0 bridgehead atoms. The lowest BCUT2D eigenvalue weighted by Crippen LogP contribution is -2.45. The summed E-state index contributed by atoms with van der Waals surface area (Å²) in [6, 6.07) is 6.72. The summed E-state index contributed by atoms with van der Waals surface area (Å²) in [7, 11) is 0. The zero-order chi connectivity index (χ0) is 15.7. The number of aryl methyl sites for hydroxylation is 1. The molecule has 0 saturated carbocycles. The molecule has 6 nitrogen and oxygen atoms in total. The topological polar surface area (TPSA) is 79.0 Å². The summed E-state index contributed by atoms with van der Waals surface area (Å²) in [6.45, 7) is 4.35. The van der Waals surface area contributed by atoms with Crippen molar-refractivity contribution in [2.75, 3.05) is 6.54 Å². The quantitative estimate of drug-likeness (QED) is 0.914. The van der Waals surface area contributed by atoms with Crippen LogP contribution in [0.25, 0.3) is 0 Å². The molecule has 1 amide bonds. The van der Waals surface area contributed by atoms with Crippen LogP contribution >= 0.6 is 0 Å². The summed E-state index contributed by atoms with van der Waals surface area (Å²) in [4.78, 5) is 37.6. The fraction of sp³-hybridized carbons (Fsp3) is 0.375. The minimum Gasteiger partial charge on any atom is -0.325 e. The van der Waals surface area contributed by atoms with Crippen molar-refractivity contribution in [1.29, 1.82) is 0 Å². The van der Waals surface area contributed by atoms with E-state index in [9.17, 15) is 9.59 Å². The average Bonchev–Trinajstić information content (AvgIpc) is 2.90. The monoisotopic (exact) mass is 298 g/mol. The number of carbonyl (C=O) groups excluding carboxylic acids is 1. The summed E-state index contributed by atoms with van der Waals surface area (Å²) in [5.74, 6) is 0.407. The molecule has 1 atom stereocenters. The second kappa shape index (κ2) is 5.36. The van der Waals surface area contributed by atoms with Crippen molar-refractivity contribution in [3.05, 3.63) is 58.0 Å². The summed E-state index contributed by atoms with van der Waals surface area (Å²) >= 11 is 0. The number of H-pyrrole nitrogens is 1. The fourth-order valence-corrected chi connectivity index (χ4v) is 3.00. The number of hydrogen-bond acceptors (Lipinski definition) is 4. The van der Waals surface area contributed by atoms with Crippen LogP contribution in [-0.2, 0) is 5.54 Å². The first-order valence-electron chi connectivity index (χ1n) is 7.32. The minimum absolute atomic E-state index is 0.134. The third-order valence-electron chi connectivity index (χ3n) is 4.15. The van der Waals surface area contributed by atoms with Crippen LogP contribution in [0.4, 0.5) is 0 Å². The van der Waals surface area contributed by atoms with Crippen molar-refractivity contribution in [2.24, 2.45) is 0 Å². The van der Waals surface area contributed by atoms with Gasteiger partial charge in [-0.25, -0.2) is 4.98 Å². The van der Waals surface area contributed by atoms with Gasteiger partial charge in [0.1, 0.15) is 11.5 Å². The molecule has 2 aromatic rings. The molecule has 0 spiro atoms. The third-order valence-corrected chi connectivity index (χ3v) is 4.15. The zero-order valence-corrected chi connectivity index (χ0v) is 12.7. The predicted molar refractivity (Wildman–Crippen MR) is 81.5 cm³/mol. The summed E-state index contributed by atoms with van der Waals surface area (Å²) in [5.41, 5.74) is 0.253. The number of amides is 1. The van der Waals surface area contributed by atoms with E-state index in [4.69, 9.17) is 0 Å². The highest BCUT2D eigenvalue weighted by molar-refractivity contribution is 5.93. The van der Waals surface area contributed by atoms with Gasteiger partial charge in [0.05, 0.1) is 5.54 Å². The molecule has 0 unspecified atom stereocenters. The number of nitrogens with zero attached hydrogens (tertiary/aromatic N) is 3. The van der Waals surface area contributed by atoms with Gasteiger partial charge in [-0.1, -0.05) is 6.07 Å². The van der Waals surface area contributed by atoms with Crippen LogP contribution in [0.3, 0.4) is 0 Å². The van der Waals surface area contributed by atoms with Gasteiger partial charge in [0, 0.05) is 24.5 Å². The van der Waals surface area contributed by atoms with Crippen LogP contribution in [0, 0.1) is 6.92 Å². The Morgan fingerprint density at radius 3 is 2.91 bits per heavy atom. The van der Waals surface area contributed by atoms with Gasteiger partial charge in [-0.15, -0.1) is 0 Å². The van der Waals surface area contributed by atoms with E-state index in [1.807, 2.05) is 6.92 Å². The molecule has 1 N–H and O–H groups in total. The normalized spacial score (nSPS) is 21.1. The maximum absolute atomic E-state index is 12.7. The van der Waals surface area contributed by atoms with Gasteiger partial charge in [0.2, 0.25) is 0 Å². The molecule has 3 rings (SSSR count). The van der Waals surface area contributed by atoms with Crippen LogP contribution in [0.15, 0.2) is 35.3 Å². The van der Waals surface area contributed by atoms with E-state index in [-0.39, 0.29) is 11.5 Å². The van der Waals surface area contributed by atoms with Crippen molar-refractivity contribution in [2.45, 2.75) is 32.2 Å². The molecule has 22 heavy (non-hydrogen) atoms. The van der Waals surface area contributed by atoms with E-state index in [0.717, 1.165) is 12.8 Å². The molecule has 6 heteroatoms. The number of aromatic amines is 1. The second-order valence-electron chi connectivity index (χ2n) is 5.78. The first-order valence-corrected chi connectivity index (χ1v) is 7.32. The number of likely N-dealkylation sites (tertiary alicyclic amines) is 1. The molecule has 2 aromatic heterocycles. The fourth-order valence-electron chi connectivity index (χ4n) is 3.00. The maximum Gasteiger partial charge on any atom is 0.273 e. The van der Waals surface area contributed by atoms with Gasteiger partial charge in [0.15, 0.2) is 0 Å². The molecule has 114 valence electrons. The first kappa shape index (κ1) is 14.4. The number of pyridine rings is 1. The second-order valence-corrected chi connectivity index (χ2v) is 5.78. The molecule has 1 aliphatic rings. The summed E-state index contributed by atoms with van der Waals surface area (Å²) in [6.07, 6.45) is 3.23. The van der Waals surface area contributed by atoms with Crippen LogP contribution in [0.2, 0.25) is 0 Å². The summed E-state index contributed by atoms with van der Waals surface area (Å²) in [5, 5.41) is 0. The Morgan fingerprint density at radius 1 is 1.41 bits per heavy atom. The Balaban J connectivity index is 2.01. The Labute approximate surface area is 128 Å². The number of carbonyl (C=O) groups is 1. The largest absolute Gasteiger partial charge is 0.325 e. The van der Waals surface area contributed by atoms with E-state index >= 15 is 0 Å². The van der Waals surface area contributed by atoms with E-state index in [1.165, 1.54) is 6.07 Å². The minimum atomic E-state index is -0.611. The molecule has 0 radical (unpaired) electrons. The van der Waals surface area contributed by atoms with Gasteiger partial charge >= 0.3 is 0 Å². The third kappa shape index (κ3) is 2.41. The van der Waals surface area contributed by atoms with Crippen molar-refractivity contribution < 1.29 is 4.79 Å². The highest BCUT2D eigenvalue weighted by atomic mass is 16.2. The molecular formula is C16H18N4O2. The SMILES string of the molecule is Cc1cc(=O)[nH]c([C@]2(C)CCCN2C(=O)c2ccccn2)n1. The smallest absolute Gasteiger partial charge is 0.273 e. The Bertz CT molecular complexity index is 756. The van der Waals surface area contributed by atoms with Crippen molar-refractivity contribution in [1.82, 2.24) is 19.9 Å². The molecule has 0 aliphatic carbocycles. The Hall–Kier alpha value is -2.50. The van der Waals surface area contributed by atoms with Gasteiger partial charge in [-0.05, 0) is 38.8 Å². The lowest BCUT2D eigenvalue weighted by molar-refractivity contribution is 0.0597. The number of rotatable bonds is 2. The lowest BCUT2D eigenvalue weighted by atomic mass is 9.97. The molecule has 0 aromatic carbocycles. The predicted octanol–water partition coefficient (Wildman–Crippen LogP) is 1.62. The van der Waals surface area contributed by atoms with Crippen molar-refractivity contribution >= 4 is 5.91 Å². The van der Waals surface area contributed by atoms with E-state index in [0.29, 0.717) is 23.8 Å². The first-order chi connectivity index (χ1) is 10.5. The summed E-state index contributed by atoms with van der Waals surface area (Å²) < 4.78 is 0. The highest BCUT2D eigenvalue weighted by Gasteiger charge is 2.43. The van der Waals surface area contributed by atoms with Gasteiger partial charge in [-0.2, -0.15) is 0 Å². The Kier molecular flexibility index (Phi) is 3.52. The standard InChI is InChI=1S/C16H18N4O2/c1-11-10-13(21)19-15(18-11)16(2)7-5-9-20(16)14(22)12-6-3-4-8-17-12/h3-4,6,8,10H,5,7,9H2,1-2H3,(H,18,19,21)/t16-/m0/s1. The van der Waals surface area contributed by atoms with Gasteiger partial charge in [-0.3, -0.25) is 14.6 Å². The molecule has 3 heterocycles. The van der Waals surface area contributed by atoms with Crippen LogP contribution in [0.1, 0.15) is 41.8 Å². The zero-order valence-electron chi connectivity index (χ0n) is 12.7.